The monoisotopic (exact) mass is 443 g/mol. The molecule has 0 bridgehead atoms. The third-order valence-electron chi connectivity index (χ3n) is 4.30. The zero-order chi connectivity index (χ0) is 21.8. The summed E-state index contributed by atoms with van der Waals surface area (Å²) < 4.78 is 10.00. The van der Waals surface area contributed by atoms with Gasteiger partial charge >= 0.3 is 0 Å². The fourth-order valence-corrected chi connectivity index (χ4v) is 2.52. The Morgan fingerprint density at radius 3 is 1.77 bits per heavy atom. The standard InChI is InChI=1S/C17H20N2O2.C7H9NO.ClH/c1-3-13-4-6-15(7-5-13)19-17(20)12-18-14-8-10-16(21-2)11-9-14;1-9-7-4-2-6(8)3-5-7;/h4-11,18H,3,12H2,1-2H3,(H,19,20);2-5H,8H2,1H3;1H. The summed E-state index contributed by atoms with van der Waals surface area (Å²) in [6.45, 7) is 2.33. The smallest absolute Gasteiger partial charge is 0.243 e. The number of amides is 1. The van der Waals surface area contributed by atoms with Crippen LogP contribution in [0.3, 0.4) is 0 Å². The quantitative estimate of drug-likeness (QED) is 0.447. The summed E-state index contributed by atoms with van der Waals surface area (Å²) in [4.78, 5) is 11.9. The van der Waals surface area contributed by atoms with Gasteiger partial charge in [-0.15, -0.1) is 12.4 Å². The lowest BCUT2D eigenvalue weighted by molar-refractivity contribution is -0.114. The molecule has 0 fully saturated rings. The number of aryl methyl sites for hydroxylation is 1. The largest absolute Gasteiger partial charge is 0.497 e. The van der Waals surface area contributed by atoms with Crippen molar-refractivity contribution in [2.24, 2.45) is 0 Å². The van der Waals surface area contributed by atoms with Gasteiger partial charge in [-0.1, -0.05) is 19.1 Å². The first-order chi connectivity index (χ1) is 14.5. The molecule has 31 heavy (non-hydrogen) atoms. The van der Waals surface area contributed by atoms with E-state index in [-0.39, 0.29) is 24.9 Å². The molecule has 0 aliphatic carbocycles. The van der Waals surface area contributed by atoms with Crippen LogP contribution in [0.1, 0.15) is 12.5 Å². The van der Waals surface area contributed by atoms with Crippen molar-refractivity contribution in [3.8, 4) is 11.5 Å². The van der Waals surface area contributed by atoms with Gasteiger partial charge in [-0.3, -0.25) is 4.79 Å². The SMILES string of the molecule is CCc1ccc(NC(=O)CNc2ccc(OC)cc2)cc1.COc1ccc(N)cc1.Cl. The number of anilines is 3. The maximum absolute atomic E-state index is 11.9. The summed E-state index contributed by atoms with van der Waals surface area (Å²) in [7, 11) is 3.26. The van der Waals surface area contributed by atoms with Gasteiger partial charge < -0.3 is 25.8 Å². The number of nitrogen functional groups attached to an aromatic ring is 1. The van der Waals surface area contributed by atoms with E-state index in [0.717, 1.165) is 35.0 Å². The zero-order valence-corrected chi connectivity index (χ0v) is 18.9. The maximum atomic E-state index is 11.9. The van der Waals surface area contributed by atoms with Crippen LogP contribution in [0.5, 0.6) is 11.5 Å². The van der Waals surface area contributed by atoms with Crippen LogP contribution in [0, 0.1) is 0 Å². The molecule has 0 heterocycles. The van der Waals surface area contributed by atoms with Crippen molar-refractivity contribution >= 4 is 35.4 Å². The molecule has 0 aromatic heterocycles. The Morgan fingerprint density at radius 2 is 1.29 bits per heavy atom. The van der Waals surface area contributed by atoms with Crippen molar-refractivity contribution < 1.29 is 14.3 Å². The van der Waals surface area contributed by atoms with Crippen LogP contribution in [-0.4, -0.2) is 26.7 Å². The minimum atomic E-state index is -0.0740. The van der Waals surface area contributed by atoms with Crippen LogP contribution in [0.2, 0.25) is 0 Å². The first-order valence-electron chi connectivity index (χ1n) is 9.70. The van der Waals surface area contributed by atoms with Gasteiger partial charge in [0.1, 0.15) is 11.5 Å². The summed E-state index contributed by atoms with van der Waals surface area (Å²) in [5.74, 6) is 1.56. The first-order valence-corrected chi connectivity index (χ1v) is 9.70. The summed E-state index contributed by atoms with van der Waals surface area (Å²) in [6, 6.07) is 22.6. The second kappa shape index (κ2) is 13.8. The highest BCUT2D eigenvalue weighted by atomic mass is 35.5. The van der Waals surface area contributed by atoms with Gasteiger partial charge in [0.05, 0.1) is 20.8 Å². The number of nitrogens with two attached hydrogens (primary N) is 1. The molecular formula is C24H30ClN3O3. The fourth-order valence-electron chi connectivity index (χ4n) is 2.52. The van der Waals surface area contributed by atoms with Crippen LogP contribution in [0.4, 0.5) is 17.1 Å². The summed E-state index contributed by atoms with van der Waals surface area (Å²) in [5.41, 5.74) is 9.14. The normalized spacial score (nSPS) is 9.39. The Hall–Kier alpha value is -3.38. The third kappa shape index (κ3) is 9.31. The lowest BCUT2D eigenvalue weighted by atomic mass is 10.1. The van der Waals surface area contributed by atoms with Crippen LogP contribution in [0.15, 0.2) is 72.8 Å². The van der Waals surface area contributed by atoms with Gasteiger partial charge in [0, 0.05) is 17.1 Å². The van der Waals surface area contributed by atoms with E-state index in [1.54, 1.807) is 26.4 Å². The van der Waals surface area contributed by atoms with Crippen molar-refractivity contribution in [1.29, 1.82) is 0 Å². The Balaban J connectivity index is 0.000000404. The number of hydrogen-bond acceptors (Lipinski definition) is 5. The van der Waals surface area contributed by atoms with Crippen LogP contribution in [-0.2, 0) is 11.2 Å². The first kappa shape index (κ1) is 25.7. The Kier molecular flexibility index (Phi) is 11.4. The van der Waals surface area contributed by atoms with Crippen LogP contribution < -0.4 is 25.8 Å². The van der Waals surface area contributed by atoms with E-state index in [4.69, 9.17) is 15.2 Å². The van der Waals surface area contributed by atoms with E-state index in [0.29, 0.717) is 0 Å². The molecule has 1 amide bonds. The van der Waals surface area contributed by atoms with E-state index in [1.807, 2.05) is 60.7 Å². The second-order valence-electron chi connectivity index (χ2n) is 6.45. The number of benzene rings is 3. The molecular weight excluding hydrogens is 414 g/mol. The molecule has 6 nitrogen and oxygen atoms in total. The van der Waals surface area contributed by atoms with Gasteiger partial charge in [0.15, 0.2) is 0 Å². The van der Waals surface area contributed by atoms with Crippen LogP contribution in [0.25, 0.3) is 0 Å². The average Bonchev–Trinajstić information content (AvgIpc) is 2.79. The fraction of sp³-hybridized carbons (Fsp3) is 0.208. The number of carbonyl (C=O) groups is 1. The lowest BCUT2D eigenvalue weighted by Gasteiger charge is -2.09. The van der Waals surface area contributed by atoms with Gasteiger partial charge in [-0.2, -0.15) is 0 Å². The highest BCUT2D eigenvalue weighted by Gasteiger charge is 2.02. The average molecular weight is 444 g/mol. The lowest BCUT2D eigenvalue weighted by Crippen LogP contribution is -2.21. The van der Waals surface area contributed by atoms with Gasteiger partial charge in [-0.25, -0.2) is 0 Å². The zero-order valence-electron chi connectivity index (χ0n) is 18.1. The van der Waals surface area contributed by atoms with E-state index in [9.17, 15) is 4.79 Å². The molecule has 0 aliphatic heterocycles. The molecule has 3 rings (SSSR count). The topological polar surface area (TPSA) is 85.6 Å². The van der Waals surface area contributed by atoms with Crippen molar-refractivity contribution in [3.63, 3.8) is 0 Å². The van der Waals surface area contributed by atoms with Crippen molar-refractivity contribution in [3.05, 3.63) is 78.4 Å². The molecule has 0 atom stereocenters. The van der Waals surface area contributed by atoms with Crippen molar-refractivity contribution in [2.75, 3.05) is 37.1 Å². The number of halogens is 1. The van der Waals surface area contributed by atoms with Crippen molar-refractivity contribution in [1.82, 2.24) is 0 Å². The Morgan fingerprint density at radius 1 is 0.806 bits per heavy atom. The van der Waals surface area contributed by atoms with E-state index >= 15 is 0 Å². The number of carbonyl (C=O) groups excluding carboxylic acids is 1. The van der Waals surface area contributed by atoms with E-state index in [1.165, 1.54) is 5.56 Å². The Bertz CT molecular complexity index is 899. The predicted octanol–water partition coefficient (Wildman–Crippen LogP) is 5.01. The second-order valence-corrected chi connectivity index (χ2v) is 6.45. The molecule has 7 heteroatoms. The highest BCUT2D eigenvalue weighted by molar-refractivity contribution is 5.93. The van der Waals surface area contributed by atoms with Crippen molar-refractivity contribution in [2.45, 2.75) is 13.3 Å². The molecule has 0 saturated heterocycles. The maximum Gasteiger partial charge on any atom is 0.243 e. The minimum Gasteiger partial charge on any atom is -0.497 e. The summed E-state index contributed by atoms with van der Waals surface area (Å²) in [6.07, 6.45) is 0.993. The molecule has 0 aliphatic rings. The van der Waals surface area contributed by atoms with Gasteiger partial charge in [-0.05, 0) is 72.6 Å². The number of methoxy groups -OCH3 is 2. The predicted molar refractivity (Wildman–Crippen MR) is 131 cm³/mol. The molecule has 4 N–H and O–H groups in total. The molecule has 0 radical (unpaired) electrons. The van der Waals surface area contributed by atoms with E-state index in [2.05, 4.69) is 17.6 Å². The number of ether oxygens (including phenoxy) is 2. The number of rotatable bonds is 7. The molecule has 166 valence electrons. The molecule has 0 saturated carbocycles. The summed E-state index contributed by atoms with van der Waals surface area (Å²) >= 11 is 0. The highest BCUT2D eigenvalue weighted by Crippen LogP contribution is 2.15. The Labute approximate surface area is 190 Å². The van der Waals surface area contributed by atoms with Crippen LogP contribution >= 0.6 is 12.4 Å². The minimum absolute atomic E-state index is 0. The number of nitrogens with one attached hydrogen (secondary N) is 2. The van der Waals surface area contributed by atoms with E-state index < -0.39 is 0 Å². The number of hydrogen-bond donors (Lipinski definition) is 3. The molecule has 3 aromatic rings. The van der Waals surface area contributed by atoms with Gasteiger partial charge in [0.2, 0.25) is 5.91 Å². The molecule has 3 aromatic carbocycles. The summed E-state index contributed by atoms with van der Waals surface area (Å²) in [5, 5.41) is 5.93. The third-order valence-corrected chi connectivity index (χ3v) is 4.30. The molecule has 0 spiro atoms. The van der Waals surface area contributed by atoms with Gasteiger partial charge in [0.25, 0.3) is 0 Å². The molecule has 0 unspecified atom stereocenters.